The van der Waals surface area contributed by atoms with E-state index >= 15 is 0 Å². The number of benzene rings is 1. The van der Waals surface area contributed by atoms with E-state index in [1.54, 1.807) is 24.3 Å². The lowest BCUT2D eigenvalue weighted by atomic mass is 9.85. The molecule has 21 heavy (non-hydrogen) atoms. The maximum absolute atomic E-state index is 12.5. The fraction of sp³-hybridized carbons (Fsp3) is 0.571. The van der Waals surface area contributed by atoms with E-state index in [9.17, 15) is 16.8 Å². The molecule has 1 aromatic rings. The number of hydrogen-bond donors (Lipinski definition) is 0. The van der Waals surface area contributed by atoms with Crippen molar-refractivity contribution in [2.75, 3.05) is 28.6 Å². The van der Waals surface area contributed by atoms with Crippen LogP contribution >= 0.6 is 0 Å². The average molecular weight is 331 g/mol. The summed E-state index contributed by atoms with van der Waals surface area (Å²) in [6, 6.07) is 8.89. The van der Waals surface area contributed by atoms with Crippen LogP contribution in [0.3, 0.4) is 0 Å². The minimum absolute atomic E-state index is 0.344. The number of sulfone groups is 1. The first-order chi connectivity index (χ1) is 9.78. The van der Waals surface area contributed by atoms with Crippen LogP contribution in [0.2, 0.25) is 0 Å². The summed E-state index contributed by atoms with van der Waals surface area (Å²) in [4.78, 5) is 0. The zero-order chi connectivity index (χ0) is 15.5. The molecule has 0 unspecified atom stereocenters. The van der Waals surface area contributed by atoms with Gasteiger partial charge in [-0.15, -0.1) is 0 Å². The first kappa shape index (κ1) is 16.3. The molecule has 0 atom stereocenters. The standard InChI is InChI=1S/C14H21NO4S2/c1-20(16,17)10-11-21(18,19)15(12-13-6-5-7-13)14-8-3-2-4-9-14/h2-4,8-9,13H,5-7,10-12H2,1H3. The molecule has 1 saturated carbocycles. The van der Waals surface area contributed by atoms with Crippen molar-refractivity contribution in [2.45, 2.75) is 19.3 Å². The fourth-order valence-corrected chi connectivity index (χ4v) is 5.41. The predicted octanol–water partition coefficient (Wildman–Crippen LogP) is 1.67. The molecular formula is C14H21NO4S2. The molecule has 0 bridgehead atoms. The Morgan fingerprint density at radius 1 is 1.05 bits per heavy atom. The smallest absolute Gasteiger partial charge is 0.236 e. The van der Waals surface area contributed by atoms with Gasteiger partial charge in [0.05, 0.1) is 17.2 Å². The van der Waals surface area contributed by atoms with Gasteiger partial charge >= 0.3 is 0 Å². The van der Waals surface area contributed by atoms with E-state index < -0.39 is 19.9 Å². The van der Waals surface area contributed by atoms with E-state index in [0.29, 0.717) is 18.2 Å². The van der Waals surface area contributed by atoms with Crippen LogP contribution in [0.5, 0.6) is 0 Å². The maximum atomic E-state index is 12.5. The summed E-state index contributed by atoms with van der Waals surface area (Å²) in [5, 5.41) is 0. The van der Waals surface area contributed by atoms with Crippen LogP contribution in [-0.4, -0.2) is 41.1 Å². The van der Waals surface area contributed by atoms with E-state index in [0.717, 1.165) is 25.5 Å². The van der Waals surface area contributed by atoms with E-state index in [1.807, 2.05) is 6.07 Å². The molecule has 5 nitrogen and oxygen atoms in total. The molecule has 118 valence electrons. The summed E-state index contributed by atoms with van der Waals surface area (Å²) in [6.45, 7) is 0.441. The lowest BCUT2D eigenvalue weighted by Gasteiger charge is -2.33. The molecule has 0 aromatic heterocycles. The van der Waals surface area contributed by atoms with Crippen LogP contribution in [0.25, 0.3) is 0 Å². The Kier molecular flexibility index (Phi) is 4.93. The first-order valence-electron chi connectivity index (χ1n) is 7.01. The highest BCUT2D eigenvalue weighted by Crippen LogP contribution is 2.30. The van der Waals surface area contributed by atoms with Crippen LogP contribution in [0.4, 0.5) is 5.69 Å². The molecule has 0 saturated heterocycles. The molecule has 0 heterocycles. The number of nitrogens with zero attached hydrogens (tertiary/aromatic N) is 1. The molecule has 0 aliphatic heterocycles. The van der Waals surface area contributed by atoms with Gasteiger partial charge in [0.2, 0.25) is 10.0 Å². The van der Waals surface area contributed by atoms with Crippen molar-refractivity contribution in [1.82, 2.24) is 0 Å². The second-order valence-electron chi connectivity index (χ2n) is 5.61. The summed E-state index contributed by atoms with van der Waals surface area (Å²) in [5.41, 5.74) is 0.609. The Morgan fingerprint density at radius 3 is 2.14 bits per heavy atom. The van der Waals surface area contributed by atoms with Crippen LogP contribution in [0.1, 0.15) is 19.3 Å². The highest BCUT2D eigenvalue weighted by molar-refractivity contribution is 7.95. The highest BCUT2D eigenvalue weighted by atomic mass is 32.2. The van der Waals surface area contributed by atoms with Crippen molar-refractivity contribution < 1.29 is 16.8 Å². The number of anilines is 1. The van der Waals surface area contributed by atoms with Gasteiger partial charge in [-0.05, 0) is 30.9 Å². The third kappa shape index (κ3) is 4.71. The van der Waals surface area contributed by atoms with Gasteiger partial charge in [0.15, 0.2) is 0 Å². The third-order valence-electron chi connectivity index (χ3n) is 3.74. The van der Waals surface area contributed by atoms with Crippen LogP contribution in [0.15, 0.2) is 30.3 Å². The summed E-state index contributed by atoms with van der Waals surface area (Å²) < 4.78 is 48.9. The van der Waals surface area contributed by atoms with Gasteiger partial charge in [-0.1, -0.05) is 24.6 Å². The molecule has 0 radical (unpaired) electrons. The molecule has 1 aromatic carbocycles. The highest BCUT2D eigenvalue weighted by Gasteiger charge is 2.29. The van der Waals surface area contributed by atoms with Gasteiger partial charge in [0, 0.05) is 12.8 Å². The molecular weight excluding hydrogens is 310 g/mol. The van der Waals surface area contributed by atoms with E-state index in [-0.39, 0.29) is 11.5 Å². The molecule has 0 amide bonds. The lowest BCUT2D eigenvalue weighted by molar-refractivity contribution is 0.326. The van der Waals surface area contributed by atoms with Gasteiger partial charge in [-0.2, -0.15) is 0 Å². The van der Waals surface area contributed by atoms with Crippen LogP contribution in [-0.2, 0) is 19.9 Å². The normalized spacial score (nSPS) is 16.4. The Balaban J connectivity index is 2.21. The molecule has 0 spiro atoms. The van der Waals surface area contributed by atoms with Crippen molar-refractivity contribution in [3.05, 3.63) is 30.3 Å². The second-order valence-corrected chi connectivity index (χ2v) is 9.88. The lowest BCUT2D eigenvalue weighted by Crippen LogP contribution is -2.40. The van der Waals surface area contributed by atoms with Crippen molar-refractivity contribution in [1.29, 1.82) is 0 Å². The van der Waals surface area contributed by atoms with Gasteiger partial charge in [0.1, 0.15) is 9.84 Å². The summed E-state index contributed by atoms with van der Waals surface area (Å²) >= 11 is 0. The summed E-state index contributed by atoms with van der Waals surface area (Å²) in [6.07, 6.45) is 4.26. The van der Waals surface area contributed by atoms with Crippen molar-refractivity contribution in [2.24, 2.45) is 5.92 Å². The molecule has 1 aliphatic rings. The quantitative estimate of drug-likeness (QED) is 0.762. The topological polar surface area (TPSA) is 71.5 Å². The van der Waals surface area contributed by atoms with Gasteiger partial charge < -0.3 is 0 Å². The third-order valence-corrected chi connectivity index (χ3v) is 6.70. The van der Waals surface area contributed by atoms with E-state index in [2.05, 4.69) is 0 Å². The van der Waals surface area contributed by atoms with E-state index in [1.165, 1.54) is 4.31 Å². The number of sulfonamides is 1. The Bertz CT molecular complexity index is 664. The Labute approximate surface area is 126 Å². The zero-order valence-corrected chi connectivity index (χ0v) is 13.7. The molecule has 2 rings (SSSR count). The minimum Gasteiger partial charge on any atom is -0.270 e. The second kappa shape index (κ2) is 6.36. The predicted molar refractivity (Wildman–Crippen MR) is 84.6 cm³/mol. The van der Waals surface area contributed by atoms with Gasteiger partial charge in [-0.3, -0.25) is 4.31 Å². The molecule has 1 fully saturated rings. The zero-order valence-electron chi connectivity index (χ0n) is 12.1. The average Bonchev–Trinajstić information content (AvgIpc) is 2.35. The van der Waals surface area contributed by atoms with Gasteiger partial charge in [-0.25, -0.2) is 16.8 Å². The minimum atomic E-state index is -3.63. The molecule has 7 heteroatoms. The molecule has 1 aliphatic carbocycles. The fourth-order valence-electron chi connectivity index (χ4n) is 2.25. The largest absolute Gasteiger partial charge is 0.270 e. The number of para-hydroxylation sites is 1. The van der Waals surface area contributed by atoms with Crippen LogP contribution < -0.4 is 4.31 Å². The summed E-state index contributed by atoms with van der Waals surface area (Å²) in [5.74, 6) is -0.338. The van der Waals surface area contributed by atoms with Gasteiger partial charge in [0.25, 0.3) is 0 Å². The monoisotopic (exact) mass is 331 g/mol. The summed E-state index contributed by atoms with van der Waals surface area (Å²) in [7, 11) is -6.92. The van der Waals surface area contributed by atoms with Crippen molar-refractivity contribution in [3.63, 3.8) is 0 Å². The first-order valence-corrected chi connectivity index (χ1v) is 10.7. The van der Waals surface area contributed by atoms with Crippen molar-refractivity contribution >= 4 is 25.5 Å². The number of rotatable bonds is 7. The van der Waals surface area contributed by atoms with Crippen molar-refractivity contribution in [3.8, 4) is 0 Å². The Morgan fingerprint density at radius 2 is 1.67 bits per heavy atom. The maximum Gasteiger partial charge on any atom is 0.236 e. The van der Waals surface area contributed by atoms with Crippen LogP contribution in [0, 0.1) is 5.92 Å². The number of hydrogen-bond acceptors (Lipinski definition) is 4. The Hall–Kier alpha value is -1.08. The SMILES string of the molecule is CS(=O)(=O)CCS(=O)(=O)N(CC1CCC1)c1ccccc1. The molecule has 0 N–H and O–H groups in total. The van der Waals surface area contributed by atoms with E-state index in [4.69, 9.17) is 0 Å².